The fourth-order valence-electron chi connectivity index (χ4n) is 0.551. The summed E-state index contributed by atoms with van der Waals surface area (Å²) < 4.78 is 0. The number of hydrogen-bond donors (Lipinski definition) is 0. The van der Waals surface area contributed by atoms with Crippen molar-refractivity contribution in [2.75, 3.05) is 0 Å². The largest absolute Gasteiger partial charge is 0.304 e. The molecular weight excluding hydrogens is 187 g/mol. The van der Waals surface area contributed by atoms with Crippen LogP contribution in [0, 0.1) is 6.07 Å². The molecule has 45 valence electrons. The number of pyridine rings is 1. The van der Waals surface area contributed by atoms with E-state index in [1.807, 2.05) is 12.3 Å². The summed E-state index contributed by atoms with van der Waals surface area (Å²) in [5, 5.41) is 0. The van der Waals surface area contributed by atoms with Gasteiger partial charge in [-0.05, 0) is 0 Å². The summed E-state index contributed by atoms with van der Waals surface area (Å²) in [5.74, 6) is 0. The van der Waals surface area contributed by atoms with Crippen LogP contribution in [0.2, 0.25) is 0 Å². The quantitative estimate of drug-likeness (QED) is 0.618. The van der Waals surface area contributed by atoms with E-state index in [1.54, 1.807) is 6.20 Å². The number of rotatable bonds is 1. The molecule has 0 bridgehead atoms. The normalized spacial score (nSPS) is 8.11. The minimum absolute atomic E-state index is 0. The van der Waals surface area contributed by atoms with E-state index in [4.69, 9.17) is 0 Å². The van der Waals surface area contributed by atoms with E-state index < -0.39 is 0 Å². The molecule has 0 unspecified atom stereocenters. The average Bonchev–Trinajstić information content (AvgIpc) is 1.90. The Hall–Kier alpha value is 0.254. The molecule has 1 aromatic heterocycles. The maximum absolute atomic E-state index is 3.90. The average molecular weight is 195 g/mol. The van der Waals surface area contributed by atoms with Crippen LogP contribution in [0.25, 0.3) is 0 Å². The van der Waals surface area contributed by atoms with E-state index in [9.17, 15) is 0 Å². The van der Waals surface area contributed by atoms with Gasteiger partial charge in [-0.3, -0.25) is 0 Å². The van der Waals surface area contributed by atoms with Crippen molar-refractivity contribution in [2.24, 2.45) is 0 Å². The predicted molar refractivity (Wildman–Crippen MR) is 32.5 cm³/mol. The van der Waals surface area contributed by atoms with Gasteiger partial charge >= 0.3 is 0 Å². The Morgan fingerprint density at radius 1 is 1.67 bits per heavy atom. The second-order valence-corrected chi connectivity index (χ2v) is 1.65. The molecule has 1 nitrogen and oxygen atoms in total. The van der Waals surface area contributed by atoms with Gasteiger partial charge in [-0.2, -0.15) is 5.56 Å². The third kappa shape index (κ3) is 3.07. The third-order valence-corrected chi connectivity index (χ3v) is 1.07. The van der Waals surface area contributed by atoms with E-state index in [-0.39, 0.29) is 32.7 Å². The molecule has 1 rings (SSSR count). The molecule has 0 aliphatic carbocycles. The van der Waals surface area contributed by atoms with Crippen molar-refractivity contribution < 1.29 is 32.7 Å². The van der Waals surface area contributed by atoms with Crippen molar-refractivity contribution >= 4 is 0 Å². The zero-order valence-electron chi connectivity index (χ0n) is 5.46. The summed E-state index contributed by atoms with van der Waals surface area (Å²) in [6, 6.07) is 4.85. The third-order valence-electron chi connectivity index (χ3n) is 1.07. The zero-order valence-corrected chi connectivity index (χ0v) is 8.30. The van der Waals surface area contributed by atoms with Crippen LogP contribution in [0.5, 0.6) is 0 Å². The smallest absolute Gasteiger partial charge is 0 e. The second-order valence-electron chi connectivity index (χ2n) is 1.65. The van der Waals surface area contributed by atoms with Crippen LogP contribution in [0.4, 0.5) is 0 Å². The minimum atomic E-state index is 0. The van der Waals surface area contributed by atoms with Crippen molar-refractivity contribution in [1.29, 1.82) is 0 Å². The molecule has 0 aliphatic rings. The Balaban J connectivity index is 0.000000640. The molecule has 1 aromatic rings. The molecule has 1 radical (unpaired) electrons. The van der Waals surface area contributed by atoms with E-state index >= 15 is 0 Å². The van der Waals surface area contributed by atoms with E-state index in [2.05, 4.69) is 18.0 Å². The Morgan fingerprint density at radius 2 is 2.44 bits per heavy atom. The maximum atomic E-state index is 3.90. The van der Waals surface area contributed by atoms with E-state index in [1.165, 1.54) is 5.56 Å². The molecular formula is C7H8NY-. The van der Waals surface area contributed by atoms with Crippen molar-refractivity contribution in [3.63, 3.8) is 0 Å². The van der Waals surface area contributed by atoms with Crippen LogP contribution in [0.15, 0.2) is 18.5 Å². The first-order valence-electron chi connectivity index (χ1n) is 2.73. The molecule has 0 saturated carbocycles. The number of hydrogen-bond acceptors (Lipinski definition) is 1. The standard InChI is InChI=1S/C7H8N.Y/c1-2-7-4-3-5-8-6-7;/h4-6H,2H2,1H3;/q-1;. The van der Waals surface area contributed by atoms with Gasteiger partial charge in [0, 0.05) is 32.7 Å². The molecule has 0 amide bonds. The van der Waals surface area contributed by atoms with Gasteiger partial charge in [0.2, 0.25) is 0 Å². The molecule has 0 aliphatic heterocycles. The summed E-state index contributed by atoms with van der Waals surface area (Å²) in [4.78, 5) is 3.90. The molecule has 0 aromatic carbocycles. The molecule has 0 saturated heterocycles. The van der Waals surface area contributed by atoms with Gasteiger partial charge in [-0.15, -0.1) is 0 Å². The number of nitrogens with zero attached hydrogens (tertiary/aromatic N) is 1. The topological polar surface area (TPSA) is 12.9 Å². The Bertz CT molecular complexity index is 150. The second kappa shape index (κ2) is 5.07. The van der Waals surface area contributed by atoms with E-state index in [0.29, 0.717) is 0 Å². The summed E-state index contributed by atoms with van der Waals surface area (Å²) in [6.07, 6.45) is 4.57. The van der Waals surface area contributed by atoms with Crippen LogP contribution < -0.4 is 0 Å². The van der Waals surface area contributed by atoms with Crippen LogP contribution in [0.1, 0.15) is 12.5 Å². The van der Waals surface area contributed by atoms with Gasteiger partial charge in [-0.1, -0.05) is 25.7 Å². The first kappa shape index (κ1) is 9.25. The molecule has 0 atom stereocenters. The molecule has 0 fully saturated rings. The van der Waals surface area contributed by atoms with Gasteiger partial charge in [-0.25, -0.2) is 12.1 Å². The van der Waals surface area contributed by atoms with Crippen LogP contribution in [0.3, 0.4) is 0 Å². The van der Waals surface area contributed by atoms with E-state index in [0.717, 1.165) is 6.42 Å². The Labute approximate surface area is 80.8 Å². The molecule has 9 heavy (non-hydrogen) atoms. The summed E-state index contributed by atoms with van der Waals surface area (Å²) >= 11 is 0. The maximum Gasteiger partial charge on any atom is 0 e. The molecule has 1 heterocycles. The minimum Gasteiger partial charge on any atom is -0.304 e. The monoisotopic (exact) mass is 195 g/mol. The molecule has 0 N–H and O–H groups in total. The zero-order chi connectivity index (χ0) is 5.82. The fraction of sp³-hybridized carbons (Fsp3) is 0.286. The van der Waals surface area contributed by atoms with Crippen molar-refractivity contribution in [3.05, 3.63) is 30.1 Å². The van der Waals surface area contributed by atoms with Crippen molar-refractivity contribution in [3.8, 4) is 0 Å². The summed E-state index contributed by atoms with van der Waals surface area (Å²) in [7, 11) is 0. The number of aryl methyl sites for hydroxylation is 1. The van der Waals surface area contributed by atoms with Crippen molar-refractivity contribution in [2.45, 2.75) is 13.3 Å². The van der Waals surface area contributed by atoms with Gasteiger partial charge in [0.1, 0.15) is 0 Å². The Morgan fingerprint density at radius 3 is 2.78 bits per heavy atom. The first-order chi connectivity index (χ1) is 3.93. The fourth-order valence-corrected chi connectivity index (χ4v) is 0.551. The van der Waals surface area contributed by atoms with Crippen LogP contribution in [-0.4, -0.2) is 4.98 Å². The van der Waals surface area contributed by atoms with Gasteiger partial charge in [0.25, 0.3) is 0 Å². The van der Waals surface area contributed by atoms with Gasteiger partial charge < -0.3 is 4.98 Å². The summed E-state index contributed by atoms with van der Waals surface area (Å²) in [6.45, 7) is 2.10. The number of aromatic nitrogens is 1. The molecule has 2 heteroatoms. The predicted octanol–water partition coefficient (Wildman–Crippen LogP) is 1.44. The van der Waals surface area contributed by atoms with Crippen LogP contribution >= 0.6 is 0 Å². The van der Waals surface area contributed by atoms with Gasteiger partial charge in [0.15, 0.2) is 0 Å². The van der Waals surface area contributed by atoms with Gasteiger partial charge in [0.05, 0.1) is 0 Å². The molecule has 0 spiro atoms. The SMILES string of the molecule is CCc1c[c-]cnc1.[Y]. The summed E-state index contributed by atoms with van der Waals surface area (Å²) in [5.41, 5.74) is 1.24. The Kier molecular flexibility index (Phi) is 5.21. The van der Waals surface area contributed by atoms with Crippen LogP contribution in [-0.2, 0) is 39.1 Å². The van der Waals surface area contributed by atoms with Crippen molar-refractivity contribution in [1.82, 2.24) is 4.98 Å². The first-order valence-corrected chi connectivity index (χ1v) is 2.73.